The number of rotatable bonds is 3. The highest BCUT2D eigenvalue weighted by Crippen LogP contribution is 2.20. The van der Waals surface area contributed by atoms with Crippen LogP contribution in [0.15, 0.2) is 41.1 Å². The van der Waals surface area contributed by atoms with Gasteiger partial charge in [-0.05, 0) is 58.7 Å². The molecule has 0 saturated carbocycles. The van der Waals surface area contributed by atoms with Crippen molar-refractivity contribution in [3.8, 4) is 0 Å². The Morgan fingerprint density at radius 3 is 2.67 bits per heavy atom. The van der Waals surface area contributed by atoms with Gasteiger partial charge in [0, 0.05) is 11.9 Å². The molecule has 21 heavy (non-hydrogen) atoms. The second-order valence-electron chi connectivity index (χ2n) is 4.32. The van der Waals surface area contributed by atoms with Gasteiger partial charge in [-0.25, -0.2) is 9.78 Å². The third-order valence-electron chi connectivity index (χ3n) is 2.90. The lowest BCUT2D eigenvalue weighted by Crippen LogP contribution is -2.14. The fourth-order valence-corrected chi connectivity index (χ4v) is 2.22. The molecule has 1 heterocycles. The molecule has 0 bridgehead atoms. The molecule has 0 aliphatic heterocycles. The Hall–Kier alpha value is -2.21. The van der Waals surface area contributed by atoms with E-state index in [0.29, 0.717) is 21.4 Å². The molecule has 0 radical (unpaired) electrons. The van der Waals surface area contributed by atoms with Crippen molar-refractivity contribution >= 4 is 33.5 Å². The molecule has 2 aromatic rings. The average Bonchev–Trinajstić information content (AvgIpc) is 2.48. The number of benzene rings is 1. The monoisotopic (exact) mass is 348 g/mol. The van der Waals surface area contributed by atoms with E-state index in [1.54, 1.807) is 43.5 Å². The standard InChI is InChI=1S/C15H13BrN2O3/c1-9-8-10(15(20)21-2)5-6-12(9)18-14(19)11-4-3-7-17-13(11)16/h3-8H,1-2H3,(H,18,19). The van der Waals surface area contributed by atoms with E-state index in [-0.39, 0.29) is 5.91 Å². The van der Waals surface area contributed by atoms with Gasteiger partial charge >= 0.3 is 5.97 Å². The van der Waals surface area contributed by atoms with Gasteiger partial charge < -0.3 is 10.1 Å². The zero-order valence-electron chi connectivity index (χ0n) is 11.5. The minimum absolute atomic E-state index is 0.274. The van der Waals surface area contributed by atoms with Crippen LogP contribution in [0.2, 0.25) is 0 Å². The molecule has 0 atom stereocenters. The van der Waals surface area contributed by atoms with Gasteiger partial charge in [-0.3, -0.25) is 4.79 Å². The molecule has 2 rings (SSSR count). The normalized spacial score (nSPS) is 10.0. The van der Waals surface area contributed by atoms with Gasteiger partial charge in [0.05, 0.1) is 18.2 Å². The number of hydrogen-bond donors (Lipinski definition) is 1. The highest BCUT2D eigenvalue weighted by atomic mass is 79.9. The number of hydrogen-bond acceptors (Lipinski definition) is 4. The minimum atomic E-state index is -0.411. The average molecular weight is 349 g/mol. The van der Waals surface area contributed by atoms with Crippen LogP contribution >= 0.6 is 15.9 Å². The van der Waals surface area contributed by atoms with E-state index in [1.165, 1.54) is 7.11 Å². The minimum Gasteiger partial charge on any atom is -0.465 e. The zero-order valence-corrected chi connectivity index (χ0v) is 13.1. The maximum absolute atomic E-state index is 12.2. The van der Waals surface area contributed by atoms with E-state index in [0.717, 1.165) is 5.56 Å². The second-order valence-corrected chi connectivity index (χ2v) is 5.07. The van der Waals surface area contributed by atoms with Crippen molar-refractivity contribution < 1.29 is 14.3 Å². The number of carbonyl (C=O) groups is 2. The van der Waals surface area contributed by atoms with Crippen molar-refractivity contribution in [1.29, 1.82) is 0 Å². The Morgan fingerprint density at radius 1 is 1.29 bits per heavy atom. The molecule has 1 amide bonds. The fraction of sp³-hybridized carbons (Fsp3) is 0.133. The van der Waals surface area contributed by atoms with Crippen molar-refractivity contribution in [2.75, 3.05) is 12.4 Å². The molecule has 1 aromatic carbocycles. The number of nitrogens with one attached hydrogen (secondary N) is 1. The Morgan fingerprint density at radius 2 is 2.05 bits per heavy atom. The maximum atomic E-state index is 12.2. The molecular weight excluding hydrogens is 336 g/mol. The summed E-state index contributed by atoms with van der Waals surface area (Å²) in [4.78, 5) is 27.6. The summed E-state index contributed by atoms with van der Waals surface area (Å²) in [5.74, 6) is -0.685. The van der Waals surface area contributed by atoms with Crippen LogP contribution in [-0.4, -0.2) is 24.0 Å². The summed E-state index contributed by atoms with van der Waals surface area (Å²) in [6.45, 7) is 1.81. The lowest BCUT2D eigenvalue weighted by molar-refractivity contribution is 0.0600. The van der Waals surface area contributed by atoms with Crippen LogP contribution in [0.25, 0.3) is 0 Å². The van der Waals surface area contributed by atoms with E-state index >= 15 is 0 Å². The Balaban J connectivity index is 2.22. The molecule has 108 valence electrons. The molecule has 0 aliphatic rings. The van der Waals surface area contributed by atoms with E-state index in [9.17, 15) is 9.59 Å². The van der Waals surface area contributed by atoms with Crippen LogP contribution in [-0.2, 0) is 4.74 Å². The molecule has 0 fully saturated rings. The smallest absolute Gasteiger partial charge is 0.337 e. The highest BCUT2D eigenvalue weighted by Gasteiger charge is 2.13. The quantitative estimate of drug-likeness (QED) is 0.683. The number of methoxy groups -OCH3 is 1. The van der Waals surface area contributed by atoms with Crippen LogP contribution in [0.4, 0.5) is 5.69 Å². The van der Waals surface area contributed by atoms with Gasteiger partial charge in [0.1, 0.15) is 4.60 Å². The van der Waals surface area contributed by atoms with Crippen LogP contribution in [0.3, 0.4) is 0 Å². The van der Waals surface area contributed by atoms with Crippen molar-refractivity contribution in [2.24, 2.45) is 0 Å². The van der Waals surface area contributed by atoms with Crippen LogP contribution in [0.5, 0.6) is 0 Å². The van der Waals surface area contributed by atoms with Gasteiger partial charge in [0.25, 0.3) is 5.91 Å². The molecule has 6 heteroatoms. The third-order valence-corrected chi connectivity index (χ3v) is 3.53. The van der Waals surface area contributed by atoms with Crippen LogP contribution < -0.4 is 5.32 Å². The Kier molecular flexibility index (Phi) is 4.70. The van der Waals surface area contributed by atoms with E-state index < -0.39 is 5.97 Å². The van der Waals surface area contributed by atoms with Gasteiger partial charge in [-0.1, -0.05) is 0 Å². The molecule has 0 unspecified atom stereocenters. The van der Waals surface area contributed by atoms with Gasteiger partial charge in [-0.15, -0.1) is 0 Å². The maximum Gasteiger partial charge on any atom is 0.337 e. The van der Waals surface area contributed by atoms with E-state index in [2.05, 4.69) is 31.0 Å². The summed E-state index contributed by atoms with van der Waals surface area (Å²) in [6.07, 6.45) is 1.59. The van der Waals surface area contributed by atoms with Crippen molar-refractivity contribution in [1.82, 2.24) is 4.98 Å². The fourth-order valence-electron chi connectivity index (χ4n) is 1.79. The van der Waals surface area contributed by atoms with Gasteiger partial charge in [0.15, 0.2) is 0 Å². The van der Waals surface area contributed by atoms with E-state index in [4.69, 9.17) is 0 Å². The summed E-state index contributed by atoms with van der Waals surface area (Å²) in [5.41, 5.74) is 2.28. The Labute approximate surface area is 130 Å². The first-order valence-corrected chi connectivity index (χ1v) is 6.93. The second kappa shape index (κ2) is 6.49. The van der Waals surface area contributed by atoms with Crippen LogP contribution in [0.1, 0.15) is 26.3 Å². The lowest BCUT2D eigenvalue weighted by Gasteiger charge is -2.10. The number of aromatic nitrogens is 1. The largest absolute Gasteiger partial charge is 0.465 e. The van der Waals surface area contributed by atoms with Crippen molar-refractivity contribution in [3.63, 3.8) is 0 Å². The molecule has 1 aromatic heterocycles. The predicted molar refractivity (Wildman–Crippen MR) is 82.4 cm³/mol. The van der Waals surface area contributed by atoms with Crippen molar-refractivity contribution in [3.05, 3.63) is 57.8 Å². The lowest BCUT2D eigenvalue weighted by atomic mass is 10.1. The summed E-state index contributed by atoms with van der Waals surface area (Å²) >= 11 is 3.24. The number of nitrogens with zero attached hydrogens (tertiary/aromatic N) is 1. The Bertz CT molecular complexity index is 701. The van der Waals surface area contributed by atoms with Gasteiger partial charge in [-0.2, -0.15) is 0 Å². The van der Waals surface area contributed by atoms with Crippen molar-refractivity contribution in [2.45, 2.75) is 6.92 Å². The SMILES string of the molecule is COC(=O)c1ccc(NC(=O)c2cccnc2Br)c(C)c1. The summed E-state index contributed by atoms with van der Waals surface area (Å²) in [6, 6.07) is 8.30. The molecular formula is C15H13BrN2O3. The number of ether oxygens (including phenoxy) is 1. The molecule has 5 nitrogen and oxygen atoms in total. The third kappa shape index (κ3) is 3.46. The number of aryl methyl sites for hydroxylation is 1. The number of pyridine rings is 1. The summed E-state index contributed by atoms with van der Waals surface area (Å²) in [7, 11) is 1.33. The first-order chi connectivity index (χ1) is 10.0. The molecule has 0 aliphatic carbocycles. The first-order valence-electron chi connectivity index (χ1n) is 6.13. The first kappa shape index (κ1) is 15.2. The van der Waals surface area contributed by atoms with Crippen LogP contribution in [0, 0.1) is 6.92 Å². The number of halogens is 1. The number of carbonyl (C=O) groups excluding carboxylic acids is 2. The molecule has 0 saturated heterocycles. The summed E-state index contributed by atoms with van der Waals surface area (Å²) in [5, 5.41) is 2.79. The topological polar surface area (TPSA) is 68.3 Å². The number of esters is 1. The zero-order chi connectivity index (χ0) is 15.4. The molecule has 1 N–H and O–H groups in total. The summed E-state index contributed by atoms with van der Waals surface area (Å²) < 4.78 is 5.13. The number of anilines is 1. The van der Waals surface area contributed by atoms with E-state index in [1.807, 2.05) is 0 Å². The highest BCUT2D eigenvalue weighted by molar-refractivity contribution is 9.10. The molecule has 0 spiro atoms. The van der Waals surface area contributed by atoms with Gasteiger partial charge in [0.2, 0.25) is 0 Å². The number of amides is 1. The predicted octanol–water partition coefficient (Wildman–Crippen LogP) is 3.19.